The molecule has 58 heavy (non-hydrogen) atoms. The summed E-state index contributed by atoms with van der Waals surface area (Å²) in [4.78, 5) is 24.9. The fraction of sp³-hybridized carbons (Fsp3) is 0.0377. The zero-order valence-electron chi connectivity index (χ0n) is 31.3. The number of allylic oxidation sites excluding steroid dienone is 1. The van der Waals surface area contributed by atoms with Crippen LogP contribution in [0.2, 0.25) is 0 Å². The van der Waals surface area contributed by atoms with E-state index >= 15 is 0 Å². The van der Waals surface area contributed by atoms with E-state index in [-0.39, 0.29) is 6.04 Å². The molecule has 0 saturated carbocycles. The Kier molecular flexibility index (Phi) is 7.14. The molecule has 270 valence electrons. The zero-order valence-corrected chi connectivity index (χ0v) is 31.3. The summed E-state index contributed by atoms with van der Waals surface area (Å²) in [5, 5.41) is 0. The van der Waals surface area contributed by atoms with Crippen molar-refractivity contribution in [2.24, 2.45) is 9.98 Å². The molecule has 12 rings (SSSR count). The van der Waals surface area contributed by atoms with Crippen LogP contribution >= 0.6 is 0 Å². The number of aromatic nitrogens is 3. The van der Waals surface area contributed by atoms with Crippen LogP contribution in [0.1, 0.15) is 27.8 Å². The Hall–Kier alpha value is -7.63. The summed E-state index contributed by atoms with van der Waals surface area (Å²) in [6.07, 6.45) is 7.95. The van der Waals surface area contributed by atoms with Crippen molar-refractivity contribution in [1.82, 2.24) is 15.0 Å². The van der Waals surface area contributed by atoms with Gasteiger partial charge < -0.3 is 0 Å². The van der Waals surface area contributed by atoms with Gasteiger partial charge in [-0.05, 0) is 92.1 Å². The highest BCUT2D eigenvalue weighted by Crippen LogP contribution is 2.62. The average molecular weight is 740 g/mol. The summed E-state index contributed by atoms with van der Waals surface area (Å²) in [5.74, 6) is 1.89. The van der Waals surface area contributed by atoms with E-state index in [1.54, 1.807) is 0 Å². The van der Waals surface area contributed by atoms with Crippen LogP contribution in [0.4, 0.5) is 0 Å². The van der Waals surface area contributed by atoms with Gasteiger partial charge in [-0.1, -0.05) is 152 Å². The fourth-order valence-corrected chi connectivity index (χ4v) is 9.46. The predicted molar refractivity (Wildman–Crippen MR) is 235 cm³/mol. The molecule has 0 fully saturated rings. The molecule has 0 radical (unpaired) electrons. The number of rotatable bonds is 5. The summed E-state index contributed by atoms with van der Waals surface area (Å²) >= 11 is 0. The van der Waals surface area contributed by atoms with Crippen LogP contribution in [0.5, 0.6) is 0 Å². The third-order valence-electron chi connectivity index (χ3n) is 12.0. The average Bonchev–Trinajstić information content (AvgIpc) is 3.96. The summed E-state index contributed by atoms with van der Waals surface area (Å²) in [6, 6.07) is 60.7. The Labute approximate surface area is 336 Å². The molecule has 8 aromatic rings. The van der Waals surface area contributed by atoms with Gasteiger partial charge in [0.25, 0.3) is 0 Å². The van der Waals surface area contributed by atoms with E-state index in [2.05, 4.69) is 163 Å². The molecular weight excluding hydrogens is 707 g/mol. The maximum atomic E-state index is 5.23. The molecule has 0 saturated heterocycles. The smallest absolute Gasteiger partial charge is 0.164 e. The van der Waals surface area contributed by atoms with Crippen LogP contribution in [-0.2, 0) is 5.41 Å². The third kappa shape index (κ3) is 4.86. The monoisotopic (exact) mass is 739 g/mol. The van der Waals surface area contributed by atoms with Crippen LogP contribution in [0.25, 0.3) is 73.2 Å². The quantitative estimate of drug-likeness (QED) is 0.177. The van der Waals surface area contributed by atoms with Crippen molar-refractivity contribution in [3.05, 3.63) is 216 Å². The van der Waals surface area contributed by atoms with Crippen molar-refractivity contribution >= 4 is 17.6 Å². The van der Waals surface area contributed by atoms with Crippen LogP contribution in [0.15, 0.2) is 198 Å². The number of dihydropyridines is 1. The van der Waals surface area contributed by atoms with E-state index in [1.807, 2.05) is 36.6 Å². The number of benzene rings is 7. The Morgan fingerprint density at radius 2 is 0.897 bits per heavy atom. The van der Waals surface area contributed by atoms with Gasteiger partial charge in [0.2, 0.25) is 0 Å². The minimum Gasteiger partial charge on any atom is -0.279 e. The Balaban J connectivity index is 0.990. The normalized spacial score (nSPS) is 16.0. The zero-order chi connectivity index (χ0) is 38.2. The van der Waals surface area contributed by atoms with Crippen molar-refractivity contribution in [2.45, 2.75) is 11.5 Å². The van der Waals surface area contributed by atoms with E-state index in [9.17, 15) is 0 Å². The van der Waals surface area contributed by atoms with Gasteiger partial charge in [0, 0.05) is 28.5 Å². The summed E-state index contributed by atoms with van der Waals surface area (Å²) in [6.45, 7) is 0. The van der Waals surface area contributed by atoms with Gasteiger partial charge in [-0.3, -0.25) is 9.98 Å². The SMILES string of the molecule is C1=CC2=NC(c3cccc(-c4cccc(-c5nc(-c6ccccc6)nc(-c6ccc7c(c6)-c6ccccc6C76c7ccccc7-c7ccccc76)n5)c4)c3)=CC2N=C1. The first-order chi connectivity index (χ1) is 28.7. The van der Waals surface area contributed by atoms with Crippen molar-refractivity contribution < 1.29 is 0 Å². The number of nitrogens with zero attached hydrogens (tertiary/aromatic N) is 5. The van der Waals surface area contributed by atoms with Gasteiger partial charge >= 0.3 is 0 Å². The van der Waals surface area contributed by atoms with Gasteiger partial charge in [-0.2, -0.15) is 0 Å². The molecule has 0 amide bonds. The number of hydrogen-bond donors (Lipinski definition) is 0. The number of fused-ring (bicyclic) bond motifs is 11. The molecule has 5 nitrogen and oxygen atoms in total. The molecule has 2 aliphatic carbocycles. The van der Waals surface area contributed by atoms with Crippen LogP contribution in [0, 0.1) is 0 Å². The molecule has 2 aliphatic heterocycles. The topological polar surface area (TPSA) is 63.4 Å². The largest absolute Gasteiger partial charge is 0.279 e. The number of aliphatic imine (C=N–C) groups is 2. The molecule has 4 aliphatic rings. The second kappa shape index (κ2) is 12.7. The second-order valence-electron chi connectivity index (χ2n) is 15.2. The predicted octanol–water partition coefficient (Wildman–Crippen LogP) is 11.7. The number of hydrogen-bond acceptors (Lipinski definition) is 5. The standard InChI is InChI=1S/C53H33N5/c1-2-13-33(14-3-1)50-56-51(37-18-11-16-35(30-37)34-15-10-17-36(29-34)48-32-49-47(55-48)25-12-28-54-49)58-52(57-50)38-26-27-46-42(31-38)41-21-6-9-24-45(41)53(46)43-22-7-4-19-39(43)40-20-5-8-23-44(40)53/h1-32,49H. The second-order valence-corrected chi connectivity index (χ2v) is 15.2. The minimum atomic E-state index is -0.403. The molecule has 1 aromatic heterocycles. The maximum Gasteiger partial charge on any atom is 0.164 e. The van der Waals surface area contributed by atoms with Crippen molar-refractivity contribution in [2.75, 3.05) is 0 Å². The maximum absolute atomic E-state index is 5.23. The lowest BCUT2D eigenvalue weighted by molar-refractivity contribution is 0.794. The van der Waals surface area contributed by atoms with E-state index < -0.39 is 5.41 Å². The molecule has 7 aromatic carbocycles. The first-order valence-electron chi connectivity index (χ1n) is 19.7. The molecule has 5 heteroatoms. The first-order valence-corrected chi connectivity index (χ1v) is 19.7. The van der Waals surface area contributed by atoms with Crippen molar-refractivity contribution in [1.29, 1.82) is 0 Å². The first kappa shape index (κ1) is 32.6. The fourth-order valence-electron chi connectivity index (χ4n) is 9.46. The van der Waals surface area contributed by atoms with Gasteiger partial charge in [-0.15, -0.1) is 0 Å². The molecule has 1 spiro atoms. The van der Waals surface area contributed by atoms with Crippen molar-refractivity contribution in [3.63, 3.8) is 0 Å². The van der Waals surface area contributed by atoms with Gasteiger partial charge in [0.15, 0.2) is 17.5 Å². The molecule has 0 N–H and O–H groups in total. The van der Waals surface area contributed by atoms with E-state index in [4.69, 9.17) is 19.9 Å². The molecule has 0 bridgehead atoms. The highest BCUT2D eigenvalue weighted by atomic mass is 15.0. The lowest BCUT2D eigenvalue weighted by atomic mass is 9.70. The Morgan fingerprint density at radius 3 is 1.55 bits per heavy atom. The summed E-state index contributed by atoms with van der Waals surface area (Å²) in [7, 11) is 0. The van der Waals surface area contributed by atoms with Crippen molar-refractivity contribution in [3.8, 4) is 67.5 Å². The van der Waals surface area contributed by atoms with Gasteiger partial charge in [-0.25, -0.2) is 15.0 Å². The lowest BCUT2D eigenvalue weighted by Gasteiger charge is -2.30. The van der Waals surface area contributed by atoms with Crippen LogP contribution in [0.3, 0.4) is 0 Å². The van der Waals surface area contributed by atoms with E-state index in [0.29, 0.717) is 17.5 Å². The Bertz CT molecular complexity index is 3090. The lowest BCUT2D eigenvalue weighted by Crippen LogP contribution is -2.25. The third-order valence-corrected chi connectivity index (χ3v) is 12.0. The van der Waals surface area contributed by atoms with E-state index in [0.717, 1.165) is 44.8 Å². The summed E-state index contributed by atoms with van der Waals surface area (Å²) in [5.41, 5.74) is 17.8. The van der Waals surface area contributed by atoms with E-state index in [1.165, 1.54) is 44.5 Å². The highest BCUT2D eigenvalue weighted by molar-refractivity contribution is 6.11. The van der Waals surface area contributed by atoms with Gasteiger partial charge in [0.05, 0.1) is 16.8 Å². The Morgan fingerprint density at radius 1 is 0.397 bits per heavy atom. The molecular formula is C53H33N5. The molecule has 1 unspecified atom stereocenters. The molecule has 3 heterocycles. The van der Waals surface area contributed by atoms with Crippen LogP contribution < -0.4 is 0 Å². The van der Waals surface area contributed by atoms with Crippen LogP contribution in [-0.4, -0.2) is 32.9 Å². The summed E-state index contributed by atoms with van der Waals surface area (Å²) < 4.78 is 0. The van der Waals surface area contributed by atoms with Gasteiger partial charge in [0.1, 0.15) is 6.04 Å². The minimum absolute atomic E-state index is 0.0125. The molecule has 1 atom stereocenters. The highest BCUT2D eigenvalue weighted by Gasteiger charge is 2.51.